The van der Waals surface area contributed by atoms with Crippen LogP contribution in [-0.2, 0) is 9.59 Å². The highest BCUT2D eigenvalue weighted by Gasteiger charge is 2.33. The Balaban J connectivity index is 2.47. The average molecular weight is 266 g/mol. The van der Waals surface area contributed by atoms with Crippen LogP contribution in [0.3, 0.4) is 0 Å². The minimum absolute atomic E-state index is 0.0805. The summed E-state index contributed by atoms with van der Waals surface area (Å²) >= 11 is 0. The summed E-state index contributed by atoms with van der Waals surface area (Å²) in [6, 6.07) is -0.639. The smallest absolute Gasteiger partial charge is 0.326 e. The van der Waals surface area contributed by atoms with Crippen LogP contribution in [0.4, 0.5) is 0 Å². The first-order chi connectivity index (χ1) is 9.10. The van der Waals surface area contributed by atoms with E-state index in [1.54, 1.807) is 12.2 Å². The molecule has 1 atom stereocenters. The van der Waals surface area contributed by atoms with Gasteiger partial charge in [0.15, 0.2) is 0 Å². The van der Waals surface area contributed by atoms with Gasteiger partial charge >= 0.3 is 5.97 Å². The van der Waals surface area contributed by atoms with E-state index in [1.165, 1.54) is 4.90 Å². The fourth-order valence-electron chi connectivity index (χ4n) is 2.34. The molecule has 0 aromatic rings. The van der Waals surface area contributed by atoms with Crippen LogP contribution in [0, 0.1) is 0 Å². The summed E-state index contributed by atoms with van der Waals surface area (Å²) in [7, 11) is 0. The second-order valence-corrected chi connectivity index (χ2v) is 4.67. The van der Waals surface area contributed by atoms with Gasteiger partial charge in [-0.1, -0.05) is 12.2 Å². The standard InChI is InChI=1S/C14H22N2O3/c1-3-8-15(9-4-2)11-7-13(17)16-10-5-6-12(16)14(18)19/h3-4,12H,1-2,5-11H2,(H,18,19). The maximum absolute atomic E-state index is 12.1. The Hall–Kier alpha value is -1.62. The molecule has 0 spiro atoms. The molecule has 1 aliphatic rings. The average Bonchev–Trinajstić information content (AvgIpc) is 2.85. The second-order valence-electron chi connectivity index (χ2n) is 4.67. The molecule has 1 saturated heterocycles. The number of amides is 1. The molecule has 1 rings (SSSR count). The fourth-order valence-corrected chi connectivity index (χ4v) is 2.34. The number of hydrogen-bond acceptors (Lipinski definition) is 3. The summed E-state index contributed by atoms with van der Waals surface area (Å²) in [5.41, 5.74) is 0. The van der Waals surface area contributed by atoms with Crippen molar-refractivity contribution in [1.82, 2.24) is 9.80 Å². The molecular formula is C14H22N2O3. The number of carbonyl (C=O) groups excluding carboxylic acids is 1. The van der Waals surface area contributed by atoms with Crippen molar-refractivity contribution in [2.75, 3.05) is 26.2 Å². The van der Waals surface area contributed by atoms with Crippen molar-refractivity contribution in [3.63, 3.8) is 0 Å². The van der Waals surface area contributed by atoms with Gasteiger partial charge in [0, 0.05) is 32.6 Å². The first-order valence-corrected chi connectivity index (χ1v) is 6.56. The van der Waals surface area contributed by atoms with Gasteiger partial charge in [-0.2, -0.15) is 0 Å². The van der Waals surface area contributed by atoms with Crippen molar-refractivity contribution in [2.45, 2.75) is 25.3 Å². The molecule has 1 amide bonds. The molecule has 1 N–H and O–H groups in total. The molecule has 19 heavy (non-hydrogen) atoms. The topological polar surface area (TPSA) is 60.9 Å². The van der Waals surface area contributed by atoms with E-state index in [-0.39, 0.29) is 5.91 Å². The Morgan fingerprint density at radius 1 is 1.32 bits per heavy atom. The number of carboxylic acid groups (broad SMARTS) is 1. The molecule has 0 aromatic heterocycles. The summed E-state index contributed by atoms with van der Waals surface area (Å²) in [5.74, 6) is -0.983. The van der Waals surface area contributed by atoms with Crippen LogP contribution in [0.15, 0.2) is 25.3 Å². The third kappa shape index (κ3) is 4.52. The van der Waals surface area contributed by atoms with Crippen LogP contribution < -0.4 is 0 Å². The molecule has 1 unspecified atom stereocenters. The minimum Gasteiger partial charge on any atom is -0.480 e. The van der Waals surface area contributed by atoms with E-state index < -0.39 is 12.0 Å². The number of aliphatic carboxylic acids is 1. The number of rotatable bonds is 8. The fraction of sp³-hybridized carbons (Fsp3) is 0.571. The normalized spacial score (nSPS) is 18.6. The lowest BCUT2D eigenvalue weighted by Crippen LogP contribution is -2.41. The van der Waals surface area contributed by atoms with Gasteiger partial charge in [-0.15, -0.1) is 13.2 Å². The third-order valence-electron chi connectivity index (χ3n) is 3.27. The van der Waals surface area contributed by atoms with Crippen molar-refractivity contribution >= 4 is 11.9 Å². The zero-order chi connectivity index (χ0) is 14.3. The highest BCUT2D eigenvalue weighted by atomic mass is 16.4. The van der Waals surface area contributed by atoms with Crippen LogP contribution in [0.25, 0.3) is 0 Å². The maximum Gasteiger partial charge on any atom is 0.326 e. The molecule has 0 saturated carbocycles. The predicted molar refractivity (Wildman–Crippen MR) is 73.8 cm³/mol. The first-order valence-electron chi connectivity index (χ1n) is 6.56. The Kier molecular flexibility index (Phi) is 6.29. The van der Waals surface area contributed by atoms with Gasteiger partial charge in [-0.25, -0.2) is 4.79 Å². The summed E-state index contributed by atoms with van der Waals surface area (Å²) in [6.45, 7) is 9.89. The SMILES string of the molecule is C=CCN(CC=C)CCC(=O)N1CCCC1C(=O)O. The summed E-state index contributed by atoms with van der Waals surface area (Å²) < 4.78 is 0. The van der Waals surface area contributed by atoms with Gasteiger partial charge in [0.25, 0.3) is 0 Å². The van der Waals surface area contributed by atoms with Crippen molar-refractivity contribution < 1.29 is 14.7 Å². The van der Waals surface area contributed by atoms with Crippen LogP contribution in [0.5, 0.6) is 0 Å². The first kappa shape index (κ1) is 15.4. The Morgan fingerprint density at radius 3 is 2.47 bits per heavy atom. The molecule has 0 bridgehead atoms. The number of carbonyl (C=O) groups is 2. The monoisotopic (exact) mass is 266 g/mol. The van der Waals surface area contributed by atoms with Crippen molar-refractivity contribution in [3.8, 4) is 0 Å². The molecule has 5 heteroatoms. The van der Waals surface area contributed by atoms with E-state index in [1.807, 2.05) is 4.90 Å². The molecule has 5 nitrogen and oxygen atoms in total. The van der Waals surface area contributed by atoms with E-state index >= 15 is 0 Å². The lowest BCUT2D eigenvalue weighted by molar-refractivity contribution is -0.148. The van der Waals surface area contributed by atoms with E-state index in [9.17, 15) is 9.59 Å². The van der Waals surface area contributed by atoms with Crippen molar-refractivity contribution in [2.24, 2.45) is 0 Å². The highest BCUT2D eigenvalue weighted by molar-refractivity contribution is 5.84. The van der Waals surface area contributed by atoms with Crippen LogP contribution in [-0.4, -0.2) is 59.0 Å². The summed E-state index contributed by atoms with van der Waals surface area (Å²) in [4.78, 5) is 26.6. The van der Waals surface area contributed by atoms with Gasteiger partial charge in [0.05, 0.1) is 0 Å². The molecule has 0 radical (unpaired) electrons. The van der Waals surface area contributed by atoms with Gasteiger partial charge in [0.1, 0.15) is 6.04 Å². The predicted octanol–water partition coefficient (Wildman–Crippen LogP) is 1.13. The molecule has 1 aliphatic heterocycles. The lowest BCUT2D eigenvalue weighted by Gasteiger charge is -2.24. The lowest BCUT2D eigenvalue weighted by atomic mass is 10.2. The van der Waals surface area contributed by atoms with Gasteiger partial charge in [-0.3, -0.25) is 9.69 Å². The maximum atomic E-state index is 12.1. The molecule has 1 fully saturated rings. The second kappa shape index (κ2) is 7.74. The van der Waals surface area contributed by atoms with Crippen LogP contribution >= 0.6 is 0 Å². The Bertz CT molecular complexity index is 345. The number of likely N-dealkylation sites (tertiary alicyclic amines) is 1. The van der Waals surface area contributed by atoms with E-state index in [0.29, 0.717) is 39.0 Å². The van der Waals surface area contributed by atoms with Crippen LogP contribution in [0.1, 0.15) is 19.3 Å². The zero-order valence-corrected chi connectivity index (χ0v) is 11.3. The minimum atomic E-state index is -0.903. The van der Waals surface area contributed by atoms with Gasteiger partial charge in [0.2, 0.25) is 5.91 Å². The molecular weight excluding hydrogens is 244 g/mol. The summed E-state index contributed by atoms with van der Waals surface area (Å²) in [5, 5.41) is 9.05. The van der Waals surface area contributed by atoms with Crippen molar-refractivity contribution in [1.29, 1.82) is 0 Å². The number of carboxylic acids is 1. The molecule has 0 aliphatic carbocycles. The largest absolute Gasteiger partial charge is 0.480 e. The van der Waals surface area contributed by atoms with Crippen LogP contribution in [0.2, 0.25) is 0 Å². The highest BCUT2D eigenvalue weighted by Crippen LogP contribution is 2.18. The van der Waals surface area contributed by atoms with Gasteiger partial charge < -0.3 is 10.0 Å². The van der Waals surface area contributed by atoms with E-state index in [0.717, 1.165) is 6.42 Å². The third-order valence-corrected chi connectivity index (χ3v) is 3.27. The number of hydrogen-bond donors (Lipinski definition) is 1. The van der Waals surface area contributed by atoms with E-state index in [4.69, 9.17) is 5.11 Å². The zero-order valence-electron chi connectivity index (χ0n) is 11.3. The van der Waals surface area contributed by atoms with E-state index in [2.05, 4.69) is 13.2 Å². The Labute approximate surface area is 114 Å². The molecule has 106 valence electrons. The van der Waals surface area contributed by atoms with Gasteiger partial charge in [-0.05, 0) is 12.8 Å². The number of nitrogens with zero attached hydrogens (tertiary/aromatic N) is 2. The quantitative estimate of drug-likeness (QED) is 0.669. The summed E-state index contributed by atoms with van der Waals surface area (Å²) in [6.07, 6.45) is 5.23. The van der Waals surface area contributed by atoms with Crippen molar-refractivity contribution in [3.05, 3.63) is 25.3 Å². The Morgan fingerprint density at radius 2 is 1.95 bits per heavy atom. The molecule has 1 heterocycles. The molecule has 0 aromatic carbocycles.